The van der Waals surface area contributed by atoms with Gasteiger partial charge in [-0.2, -0.15) is 5.26 Å². The number of nitriles is 1. The molecule has 1 aromatic heterocycles. The molecule has 23 heavy (non-hydrogen) atoms. The number of nitrogens with zero attached hydrogens (tertiary/aromatic N) is 2. The monoisotopic (exact) mass is 317 g/mol. The molecule has 0 aliphatic rings. The third-order valence-corrected chi connectivity index (χ3v) is 2.89. The number of methoxy groups -OCH3 is 1. The molecule has 0 bridgehead atoms. The highest BCUT2D eigenvalue weighted by Gasteiger charge is 2.19. The molecule has 0 saturated heterocycles. The lowest BCUT2D eigenvalue weighted by Gasteiger charge is -2.20. The van der Waals surface area contributed by atoms with E-state index in [1.165, 1.54) is 19.4 Å². The molecule has 0 spiro atoms. The van der Waals surface area contributed by atoms with Gasteiger partial charge in [0.25, 0.3) is 0 Å². The molecule has 0 fully saturated rings. The van der Waals surface area contributed by atoms with Gasteiger partial charge in [-0.15, -0.1) is 0 Å². The van der Waals surface area contributed by atoms with Crippen molar-refractivity contribution in [3.8, 4) is 11.8 Å². The molecule has 0 aliphatic heterocycles. The van der Waals surface area contributed by atoms with Gasteiger partial charge >= 0.3 is 6.09 Å². The van der Waals surface area contributed by atoms with Crippen molar-refractivity contribution >= 4 is 22.7 Å². The summed E-state index contributed by atoms with van der Waals surface area (Å²) in [5.41, 5.74) is -0.0449. The summed E-state index contributed by atoms with van der Waals surface area (Å²) in [5.74, 6) is -0.588. The molecule has 2 aromatic rings. The van der Waals surface area contributed by atoms with Crippen LogP contribution in [0.1, 0.15) is 26.3 Å². The van der Waals surface area contributed by atoms with Crippen molar-refractivity contribution in [2.45, 2.75) is 26.4 Å². The fraction of sp³-hybridized carbons (Fsp3) is 0.312. The highest BCUT2D eigenvalue weighted by atomic mass is 19.1. The average Bonchev–Trinajstić information content (AvgIpc) is 2.44. The topological polar surface area (TPSA) is 84.2 Å². The first-order chi connectivity index (χ1) is 10.7. The van der Waals surface area contributed by atoms with E-state index < -0.39 is 17.5 Å². The van der Waals surface area contributed by atoms with Gasteiger partial charge < -0.3 is 9.47 Å². The number of rotatable bonds is 2. The first kappa shape index (κ1) is 16.5. The lowest BCUT2D eigenvalue weighted by molar-refractivity contribution is 0.0636. The quantitative estimate of drug-likeness (QED) is 0.914. The molecule has 6 nitrogen and oxygen atoms in total. The highest BCUT2D eigenvalue weighted by molar-refractivity contribution is 5.95. The first-order valence-corrected chi connectivity index (χ1v) is 6.81. The number of amides is 1. The van der Waals surface area contributed by atoms with Gasteiger partial charge in [0.1, 0.15) is 11.7 Å². The number of aromatic nitrogens is 1. The number of ether oxygens (including phenoxy) is 2. The van der Waals surface area contributed by atoms with E-state index in [2.05, 4.69) is 10.3 Å². The number of nitrogens with one attached hydrogen (secondary N) is 1. The zero-order valence-electron chi connectivity index (χ0n) is 13.2. The SMILES string of the molecule is COc1cc2ncc(NC(=O)OC(C)(C)C)c(C#N)c2cc1F. The maximum atomic E-state index is 13.9. The van der Waals surface area contributed by atoms with Gasteiger partial charge in [0.15, 0.2) is 11.6 Å². The highest BCUT2D eigenvalue weighted by Crippen LogP contribution is 2.29. The number of fused-ring (bicyclic) bond motifs is 1. The predicted octanol–water partition coefficient (Wildman–Crippen LogP) is 3.60. The van der Waals surface area contributed by atoms with E-state index in [-0.39, 0.29) is 22.4 Å². The third kappa shape index (κ3) is 3.66. The molecule has 0 saturated carbocycles. The van der Waals surface area contributed by atoms with E-state index in [0.29, 0.717) is 5.52 Å². The molecule has 0 atom stereocenters. The van der Waals surface area contributed by atoms with Crippen molar-refractivity contribution in [3.63, 3.8) is 0 Å². The summed E-state index contributed by atoms with van der Waals surface area (Å²) in [5, 5.41) is 12.1. The summed E-state index contributed by atoms with van der Waals surface area (Å²) in [6.07, 6.45) is 0.603. The van der Waals surface area contributed by atoms with Crippen LogP contribution in [0.15, 0.2) is 18.3 Å². The minimum Gasteiger partial charge on any atom is -0.494 e. The van der Waals surface area contributed by atoms with Crippen molar-refractivity contribution in [1.29, 1.82) is 5.26 Å². The molecule has 7 heteroatoms. The van der Waals surface area contributed by atoms with E-state index in [1.54, 1.807) is 20.8 Å². The van der Waals surface area contributed by atoms with Gasteiger partial charge in [0.05, 0.1) is 30.1 Å². The van der Waals surface area contributed by atoms with Crippen LogP contribution in [0, 0.1) is 17.1 Å². The minimum absolute atomic E-state index is 0.0294. The van der Waals surface area contributed by atoms with Gasteiger partial charge in [-0.05, 0) is 26.8 Å². The smallest absolute Gasteiger partial charge is 0.412 e. The second-order valence-corrected chi connectivity index (χ2v) is 5.79. The molecule has 1 heterocycles. The summed E-state index contributed by atoms with van der Waals surface area (Å²) >= 11 is 0. The van der Waals surface area contributed by atoms with Crippen LogP contribution >= 0.6 is 0 Å². The van der Waals surface area contributed by atoms with E-state index >= 15 is 0 Å². The van der Waals surface area contributed by atoms with Gasteiger partial charge in [0.2, 0.25) is 0 Å². The predicted molar refractivity (Wildman–Crippen MR) is 82.8 cm³/mol. The number of benzene rings is 1. The Morgan fingerprint density at radius 2 is 2.09 bits per heavy atom. The molecular weight excluding hydrogens is 301 g/mol. The molecular formula is C16H16FN3O3. The molecule has 0 unspecified atom stereocenters. The first-order valence-electron chi connectivity index (χ1n) is 6.81. The molecule has 1 amide bonds. The van der Waals surface area contributed by atoms with Crippen LogP contribution in [0.4, 0.5) is 14.9 Å². The summed E-state index contributed by atoms with van der Waals surface area (Å²) in [6.45, 7) is 5.16. The fourth-order valence-corrected chi connectivity index (χ4v) is 1.98. The zero-order chi connectivity index (χ0) is 17.2. The molecule has 120 valence electrons. The maximum Gasteiger partial charge on any atom is 0.412 e. The number of hydrogen-bond donors (Lipinski definition) is 1. The van der Waals surface area contributed by atoms with Gasteiger partial charge in [0, 0.05) is 11.5 Å². The van der Waals surface area contributed by atoms with Crippen LogP contribution in [-0.4, -0.2) is 23.8 Å². The zero-order valence-corrected chi connectivity index (χ0v) is 13.2. The van der Waals surface area contributed by atoms with Crippen LogP contribution in [0.2, 0.25) is 0 Å². The Hall–Kier alpha value is -2.88. The van der Waals surface area contributed by atoms with Crippen LogP contribution in [0.5, 0.6) is 5.75 Å². The van der Waals surface area contributed by atoms with Gasteiger partial charge in [-0.3, -0.25) is 10.3 Å². The van der Waals surface area contributed by atoms with Crippen molar-refractivity contribution < 1.29 is 18.7 Å². The van der Waals surface area contributed by atoms with E-state index in [4.69, 9.17) is 9.47 Å². The summed E-state index contributed by atoms with van der Waals surface area (Å²) in [4.78, 5) is 16.0. The Bertz CT molecular complexity index is 807. The van der Waals surface area contributed by atoms with Crippen LogP contribution in [0.3, 0.4) is 0 Å². The number of halogens is 1. The molecule has 0 aliphatic carbocycles. The fourth-order valence-electron chi connectivity index (χ4n) is 1.98. The Labute approximate surface area is 132 Å². The van der Waals surface area contributed by atoms with Crippen molar-refractivity contribution in [2.75, 3.05) is 12.4 Å². The van der Waals surface area contributed by atoms with E-state index in [0.717, 1.165) is 6.07 Å². The van der Waals surface area contributed by atoms with Crippen LogP contribution < -0.4 is 10.1 Å². The average molecular weight is 317 g/mol. The Balaban J connectivity index is 2.46. The lowest BCUT2D eigenvalue weighted by Crippen LogP contribution is -2.27. The van der Waals surface area contributed by atoms with Crippen molar-refractivity contribution in [1.82, 2.24) is 4.98 Å². The van der Waals surface area contributed by atoms with Gasteiger partial charge in [-0.1, -0.05) is 0 Å². The second-order valence-electron chi connectivity index (χ2n) is 5.79. The maximum absolute atomic E-state index is 13.9. The van der Waals surface area contributed by atoms with Crippen molar-refractivity contribution in [2.24, 2.45) is 0 Å². The number of carbonyl (C=O) groups is 1. The van der Waals surface area contributed by atoms with E-state index in [9.17, 15) is 14.4 Å². The van der Waals surface area contributed by atoms with E-state index in [1.807, 2.05) is 6.07 Å². The minimum atomic E-state index is -0.718. The third-order valence-electron chi connectivity index (χ3n) is 2.89. The summed E-state index contributed by atoms with van der Waals surface area (Å²) in [6, 6.07) is 4.50. The lowest BCUT2D eigenvalue weighted by atomic mass is 10.1. The normalized spacial score (nSPS) is 11.0. The van der Waals surface area contributed by atoms with Crippen LogP contribution in [0.25, 0.3) is 10.9 Å². The molecule has 2 rings (SSSR count). The summed E-state index contributed by atoms with van der Waals surface area (Å²) < 4.78 is 23.9. The standard InChI is InChI=1S/C16H16FN3O3/c1-16(2,3)23-15(21)20-13-8-19-12-6-14(22-4)11(17)5-9(12)10(13)7-18/h5-6,8H,1-4H3,(H,20,21). The molecule has 1 aromatic carbocycles. The molecule has 1 N–H and O–H groups in total. The number of pyridine rings is 1. The Morgan fingerprint density at radius 3 is 2.65 bits per heavy atom. The van der Waals surface area contributed by atoms with Crippen molar-refractivity contribution in [3.05, 3.63) is 29.7 Å². The number of hydrogen-bond acceptors (Lipinski definition) is 5. The Morgan fingerprint density at radius 1 is 1.39 bits per heavy atom. The Kier molecular flexibility index (Phi) is 4.36. The summed E-state index contributed by atoms with van der Waals surface area (Å²) in [7, 11) is 1.34. The van der Waals surface area contributed by atoms with Crippen LogP contribution in [-0.2, 0) is 4.74 Å². The number of carbonyl (C=O) groups excluding carboxylic acids is 1. The van der Waals surface area contributed by atoms with Gasteiger partial charge in [-0.25, -0.2) is 9.18 Å². The second kappa shape index (κ2) is 6.08. The number of anilines is 1. The largest absolute Gasteiger partial charge is 0.494 e. The molecule has 0 radical (unpaired) electrons.